The number of hydrogen-bond acceptors (Lipinski definition) is 4. The van der Waals surface area contributed by atoms with Crippen molar-refractivity contribution < 1.29 is 14.8 Å². The number of benzene rings is 2. The predicted molar refractivity (Wildman–Crippen MR) is 74.8 cm³/mol. The summed E-state index contributed by atoms with van der Waals surface area (Å²) in [5, 5.41) is 20.2. The van der Waals surface area contributed by atoms with Crippen LogP contribution in [0.3, 0.4) is 0 Å². The van der Waals surface area contributed by atoms with Gasteiger partial charge in [0.2, 0.25) is 0 Å². The van der Waals surface area contributed by atoms with E-state index in [2.05, 4.69) is 0 Å². The fraction of sp³-hybridized carbons (Fsp3) is 0.143. The van der Waals surface area contributed by atoms with E-state index in [1.54, 1.807) is 24.3 Å². The van der Waals surface area contributed by atoms with Gasteiger partial charge in [0.1, 0.15) is 12.4 Å². The molecule has 2 rings (SSSR count). The predicted octanol–water partition coefficient (Wildman–Crippen LogP) is 3.32. The molecule has 0 aliphatic heterocycles. The van der Waals surface area contributed by atoms with Gasteiger partial charge in [-0.15, -0.1) is 0 Å². The number of ether oxygens (including phenoxy) is 1. The second kappa shape index (κ2) is 6.36. The van der Waals surface area contributed by atoms with Crippen molar-refractivity contribution in [1.29, 1.82) is 0 Å². The van der Waals surface area contributed by atoms with Crippen molar-refractivity contribution in [3.63, 3.8) is 0 Å². The molecular formula is C14H12ClNO4. The van der Waals surface area contributed by atoms with Crippen molar-refractivity contribution in [1.82, 2.24) is 0 Å². The summed E-state index contributed by atoms with van der Waals surface area (Å²) >= 11 is 5.98. The molecule has 1 N–H and O–H groups in total. The van der Waals surface area contributed by atoms with Gasteiger partial charge in [-0.3, -0.25) is 10.1 Å². The number of aliphatic hydroxyl groups excluding tert-OH is 1. The Morgan fingerprint density at radius 1 is 1.25 bits per heavy atom. The standard InChI is InChI=1S/C14H12ClNO4/c15-14-5-4-12(16(18)19)7-11(14)9-20-13-3-1-2-10(6-13)8-17/h1-7,17H,8-9H2. The normalized spacial score (nSPS) is 10.3. The van der Waals surface area contributed by atoms with Gasteiger partial charge >= 0.3 is 0 Å². The molecule has 2 aromatic carbocycles. The number of rotatable bonds is 5. The summed E-state index contributed by atoms with van der Waals surface area (Å²) in [7, 11) is 0. The molecule has 0 atom stereocenters. The number of nitro groups is 1. The summed E-state index contributed by atoms with van der Waals surface area (Å²) in [5.74, 6) is 0.569. The van der Waals surface area contributed by atoms with Crippen LogP contribution in [0.2, 0.25) is 5.02 Å². The van der Waals surface area contributed by atoms with E-state index in [1.807, 2.05) is 0 Å². The summed E-state index contributed by atoms with van der Waals surface area (Å²) in [4.78, 5) is 10.2. The van der Waals surface area contributed by atoms with Crippen molar-refractivity contribution in [3.8, 4) is 5.75 Å². The van der Waals surface area contributed by atoms with Crippen LogP contribution in [-0.4, -0.2) is 10.0 Å². The average molecular weight is 294 g/mol. The molecule has 20 heavy (non-hydrogen) atoms. The molecule has 0 aromatic heterocycles. The van der Waals surface area contributed by atoms with Crippen molar-refractivity contribution in [2.45, 2.75) is 13.2 Å². The highest BCUT2D eigenvalue weighted by Gasteiger charge is 2.10. The van der Waals surface area contributed by atoms with Gasteiger partial charge in [-0.25, -0.2) is 0 Å². The van der Waals surface area contributed by atoms with Crippen LogP contribution >= 0.6 is 11.6 Å². The molecule has 0 amide bonds. The van der Waals surface area contributed by atoms with Gasteiger partial charge in [0.15, 0.2) is 0 Å². The molecular weight excluding hydrogens is 282 g/mol. The van der Waals surface area contributed by atoms with Crippen molar-refractivity contribution in [2.24, 2.45) is 0 Å². The van der Waals surface area contributed by atoms with E-state index >= 15 is 0 Å². The SMILES string of the molecule is O=[N+]([O-])c1ccc(Cl)c(COc2cccc(CO)c2)c1. The zero-order chi connectivity index (χ0) is 14.5. The summed E-state index contributed by atoms with van der Waals surface area (Å²) in [5.41, 5.74) is 1.24. The Morgan fingerprint density at radius 2 is 2.05 bits per heavy atom. The third kappa shape index (κ3) is 3.46. The van der Waals surface area contributed by atoms with Gasteiger partial charge in [-0.05, 0) is 23.8 Å². The lowest BCUT2D eigenvalue weighted by Gasteiger charge is -2.08. The van der Waals surface area contributed by atoms with Crippen LogP contribution in [0.5, 0.6) is 5.75 Å². The van der Waals surface area contributed by atoms with Crippen LogP contribution in [0.4, 0.5) is 5.69 Å². The molecule has 0 bridgehead atoms. The van der Waals surface area contributed by atoms with Gasteiger partial charge in [0.05, 0.1) is 11.5 Å². The topological polar surface area (TPSA) is 72.6 Å². The molecule has 0 heterocycles. The minimum Gasteiger partial charge on any atom is -0.489 e. The summed E-state index contributed by atoms with van der Waals surface area (Å²) < 4.78 is 5.53. The zero-order valence-corrected chi connectivity index (χ0v) is 11.2. The number of halogens is 1. The third-order valence-electron chi connectivity index (χ3n) is 2.72. The van der Waals surface area contributed by atoms with Gasteiger partial charge < -0.3 is 9.84 Å². The average Bonchev–Trinajstić information content (AvgIpc) is 2.46. The molecule has 0 aliphatic rings. The van der Waals surface area contributed by atoms with E-state index in [1.165, 1.54) is 18.2 Å². The van der Waals surface area contributed by atoms with E-state index in [4.69, 9.17) is 21.4 Å². The van der Waals surface area contributed by atoms with Crippen molar-refractivity contribution in [2.75, 3.05) is 0 Å². The molecule has 0 radical (unpaired) electrons. The van der Waals surface area contributed by atoms with Gasteiger partial charge in [0.25, 0.3) is 5.69 Å². The Kier molecular flexibility index (Phi) is 4.55. The molecule has 104 valence electrons. The second-order valence-corrected chi connectivity index (χ2v) is 4.53. The number of non-ortho nitro benzene ring substituents is 1. The third-order valence-corrected chi connectivity index (χ3v) is 3.08. The Morgan fingerprint density at radius 3 is 2.75 bits per heavy atom. The molecule has 0 fully saturated rings. The first-order valence-corrected chi connectivity index (χ1v) is 6.23. The number of nitrogens with zero attached hydrogens (tertiary/aromatic N) is 1. The summed E-state index contributed by atoms with van der Waals surface area (Å²) in [6.45, 7) is 0.0458. The van der Waals surface area contributed by atoms with Crippen molar-refractivity contribution >= 4 is 17.3 Å². The van der Waals surface area contributed by atoms with Gasteiger partial charge in [0, 0.05) is 22.7 Å². The quantitative estimate of drug-likeness (QED) is 0.678. The molecule has 0 saturated carbocycles. The Hall–Kier alpha value is -2.11. The van der Waals surface area contributed by atoms with Gasteiger partial charge in [-0.2, -0.15) is 0 Å². The van der Waals surface area contributed by atoms with E-state index in [0.717, 1.165) is 5.56 Å². The second-order valence-electron chi connectivity index (χ2n) is 4.13. The van der Waals surface area contributed by atoms with E-state index in [0.29, 0.717) is 16.3 Å². The molecule has 0 aliphatic carbocycles. The smallest absolute Gasteiger partial charge is 0.269 e. The van der Waals surface area contributed by atoms with Gasteiger partial charge in [-0.1, -0.05) is 23.7 Å². The summed E-state index contributed by atoms with van der Waals surface area (Å²) in [6, 6.07) is 11.2. The maximum Gasteiger partial charge on any atom is 0.269 e. The Bertz CT molecular complexity index is 630. The zero-order valence-electron chi connectivity index (χ0n) is 10.5. The van der Waals surface area contributed by atoms with E-state index in [-0.39, 0.29) is 18.9 Å². The van der Waals surface area contributed by atoms with Crippen molar-refractivity contribution in [3.05, 3.63) is 68.7 Å². The monoisotopic (exact) mass is 293 g/mol. The largest absolute Gasteiger partial charge is 0.489 e. The fourth-order valence-electron chi connectivity index (χ4n) is 1.68. The summed E-state index contributed by atoms with van der Waals surface area (Å²) in [6.07, 6.45) is 0. The maximum atomic E-state index is 10.7. The number of nitro benzene ring substituents is 1. The highest BCUT2D eigenvalue weighted by Crippen LogP contribution is 2.24. The fourth-order valence-corrected chi connectivity index (χ4v) is 1.85. The molecule has 0 saturated heterocycles. The van der Waals surface area contributed by atoms with Crippen LogP contribution in [0, 0.1) is 10.1 Å². The lowest BCUT2D eigenvalue weighted by Crippen LogP contribution is -1.98. The first-order chi connectivity index (χ1) is 9.60. The number of hydrogen-bond donors (Lipinski definition) is 1. The minimum atomic E-state index is -0.480. The van der Waals surface area contributed by atoms with Crippen LogP contribution in [0.1, 0.15) is 11.1 Å². The highest BCUT2D eigenvalue weighted by molar-refractivity contribution is 6.31. The molecule has 2 aromatic rings. The van der Waals surface area contributed by atoms with E-state index < -0.39 is 4.92 Å². The van der Waals surface area contributed by atoms with Crippen LogP contribution in [0.15, 0.2) is 42.5 Å². The van der Waals surface area contributed by atoms with Crippen LogP contribution < -0.4 is 4.74 Å². The van der Waals surface area contributed by atoms with E-state index in [9.17, 15) is 10.1 Å². The van der Waals surface area contributed by atoms with Crippen LogP contribution in [0.25, 0.3) is 0 Å². The molecule has 0 spiro atoms. The lowest BCUT2D eigenvalue weighted by atomic mass is 10.2. The first kappa shape index (κ1) is 14.3. The Balaban J connectivity index is 2.13. The lowest BCUT2D eigenvalue weighted by molar-refractivity contribution is -0.384. The van der Waals surface area contributed by atoms with Crippen LogP contribution in [-0.2, 0) is 13.2 Å². The Labute approximate surface area is 120 Å². The number of aliphatic hydroxyl groups is 1. The first-order valence-electron chi connectivity index (χ1n) is 5.85. The highest BCUT2D eigenvalue weighted by atomic mass is 35.5. The maximum absolute atomic E-state index is 10.7. The molecule has 5 nitrogen and oxygen atoms in total. The minimum absolute atomic E-state index is 0.0305. The molecule has 0 unspecified atom stereocenters. The molecule has 6 heteroatoms.